The maximum atomic E-state index is 6.38. The fourth-order valence-electron chi connectivity index (χ4n) is 3.71. The number of imidazole rings is 1. The lowest BCUT2D eigenvalue weighted by molar-refractivity contribution is 0.467. The van der Waals surface area contributed by atoms with E-state index in [2.05, 4.69) is 41.6 Å². The lowest BCUT2D eigenvalue weighted by Gasteiger charge is -2.20. The third-order valence-electron chi connectivity index (χ3n) is 4.98. The number of rotatable bonds is 1. The number of nitrogens with zero attached hydrogens (tertiary/aromatic N) is 3. The second-order valence-corrected chi connectivity index (χ2v) is 6.41. The highest BCUT2D eigenvalue weighted by Crippen LogP contribution is 2.37. The predicted octanol–water partition coefficient (Wildman–Crippen LogP) is 3.02. The summed E-state index contributed by atoms with van der Waals surface area (Å²) in [6.45, 7) is 4.36. The fourth-order valence-corrected chi connectivity index (χ4v) is 3.71. The van der Waals surface area contributed by atoms with Gasteiger partial charge in [0.2, 0.25) is 0 Å². The highest BCUT2D eigenvalue weighted by atomic mass is 15.2. The van der Waals surface area contributed by atoms with Crippen LogP contribution in [0.5, 0.6) is 0 Å². The van der Waals surface area contributed by atoms with Crippen molar-refractivity contribution >= 4 is 11.5 Å². The van der Waals surface area contributed by atoms with E-state index < -0.39 is 0 Å². The molecule has 2 aliphatic rings. The van der Waals surface area contributed by atoms with Gasteiger partial charge in [-0.15, -0.1) is 0 Å². The van der Waals surface area contributed by atoms with E-state index in [-0.39, 0.29) is 0 Å². The molecule has 1 unspecified atom stereocenters. The van der Waals surface area contributed by atoms with Crippen LogP contribution in [0.1, 0.15) is 37.1 Å². The smallest absolute Gasteiger partial charge is 0.131 e. The summed E-state index contributed by atoms with van der Waals surface area (Å²) in [7, 11) is 2.15. The van der Waals surface area contributed by atoms with Gasteiger partial charge in [0.15, 0.2) is 0 Å². The first-order valence-corrected chi connectivity index (χ1v) is 7.85. The molecule has 0 fully saturated rings. The van der Waals surface area contributed by atoms with Crippen molar-refractivity contribution in [2.45, 2.75) is 38.6 Å². The molecule has 110 valence electrons. The Labute approximate surface area is 125 Å². The highest BCUT2D eigenvalue weighted by Gasteiger charge is 2.24. The number of anilines is 2. The van der Waals surface area contributed by atoms with E-state index >= 15 is 0 Å². The number of likely N-dealkylation sites (N-methyl/N-ethyl adjacent to an activating group) is 1. The highest BCUT2D eigenvalue weighted by molar-refractivity contribution is 5.75. The number of benzene rings is 1. The molecule has 4 rings (SSSR count). The van der Waals surface area contributed by atoms with Crippen molar-refractivity contribution in [1.82, 2.24) is 9.55 Å². The van der Waals surface area contributed by atoms with Crippen molar-refractivity contribution in [3.63, 3.8) is 0 Å². The predicted molar refractivity (Wildman–Crippen MR) is 86.7 cm³/mol. The van der Waals surface area contributed by atoms with Gasteiger partial charge in [-0.25, -0.2) is 4.98 Å². The van der Waals surface area contributed by atoms with Crippen molar-refractivity contribution in [3.8, 4) is 11.3 Å². The van der Waals surface area contributed by atoms with Gasteiger partial charge < -0.3 is 15.2 Å². The van der Waals surface area contributed by atoms with Crippen LogP contribution in [0, 0.1) is 0 Å². The number of aromatic nitrogens is 2. The molecule has 0 aliphatic carbocycles. The summed E-state index contributed by atoms with van der Waals surface area (Å²) in [4.78, 5) is 7.18. The first kappa shape index (κ1) is 12.7. The van der Waals surface area contributed by atoms with Crippen molar-refractivity contribution in [3.05, 3.63) is 29.6 Å². The molecule has 2 N–H and O–H groups in total. The maximum Gasteiger partial charge on any atom is 0.131 e. The van der Waals surface area contributed by atoms with Crippen LogP contribution >= 0.6 is 0 Å². The molecule has 1 atom stereocenters. The standard InChI is InChI=1S/C17H22N4/c1-11-4-3-8-21-16(18)15(19-17(11)21)13-5-6-14-12(10-13)7-9-20(14)2/h5-6,10-11H,3-4,7-9,18H2,1-2H3. The van der Waals surface area contributed by atoms with Gasteiger partial charge in [0.05, 0.1) is 0 Å². The van der Waals surface area contributed by atoms with E-state index in [0.29, 0.717) is 5.92 Å². The van der Waals surface area contributed by atoms with E-state index in [0.717, 1.165) is 42.4 Å². The summed E-state index contributed by atoms with van der Waals surface area (Å²) in [6, 6.07) is 6.64. The number of nitrogens with two attached hydrogens (primary N) is 1. The summed E-state index contributed by atoms with van der Waals surface area (Å²) in [5.74, 6) is 2.50. The zero-order valence-corrected chi connectivity index (χ0v) is 12.8. The molecular weight excluding hydrogens is 260 g/mol. The van der Waals surface area contributed by atoms with Crippen LogP contribution in [-0.2, 0) is 13.0 Å². The van der Waals surface area contributed by atoms with Gasteiger partial charge in [0.25, 0.3) is 0 Å². The Morgan fingerprint density at radius 1 is 1.29 bits per heavy atom. The third kappa shape index (κ3) is 1.85. The maximum absolute atomic E-state index is 6.38. The van der Waals surface area contributed by atoms with Crippen LogP contribution in [0.2, 0.25) is 0 Å². The van der Waals surface area contributed by atoms with E-state index in [1.165, 1.54) is 24.1 Å². The van der Waals surface area contributed by atoms with Gasteiger partial charge in [-0.2, -0.15) is 0 Å². The molecule has 0 radical (unpaired) electrons. The summed E-state index contributed by atoms with van der Waals surface area (Å²) in [6.07, 6.45) is 3.53. The van der Waals surface area contributed by atoms with E-state index in [9.17, 15) is 0 Å². The Hall–Kier alpha value is -1.97. The molecule has 21 heavy (non-hydrogen) atoms. The minimum Gasteiger partial charge on any atom is -0.383 e. The van der Waals surface area contributed by atoms with E-state index in [1.807, 2.05) is 0 Å². The van der Waals surface area contributed by atoms with E-state index in [4.69, 9.17) is 10.7 Å². The summed E-state index contributed by atoms with van der Waals surface area (Å²) in [5, 5.41) is 0. The van der Waals surface area contributed by atoms with E-state index in [1.54, 1.807) is 0 Å². The van der Waals surface area contributed by atoms with Gasteiger partial charge in [-0.3, -0.25) is 0 Å². The molecule has 0 saturated heterocycles. The Morgan fingerprint density at radius 3 is 2.95 bits per heavy atom. The zero-order chi connectivity index (χ0) is 14.6. The molecule has 4 nitrogen and oxygen atoms in total. The summed E-state index contributed by atoms with van der Waals surface area (Å²) < 4.78 is 2.21. The molecule has 0 spiro atoms. The lowest BCUT2D eigenvalue weighted by atomic mass is 10.0. The van der Waals surface area contributed by atoms with Crippen LogP contribution in [0.25, 0.3) is 11.3 Å². The fraction of sp³-hybridized carbons (Fsp3) is 0.471. The molecule has 1 aromatic carbocycles. The van der Waals surface area contributed by atoms with Gasteiger partial charge in [0, 0.05) is 37.3 Å². The quantitative estimate of drug-likeness (QED) is 0.874. The topological polar surface area (TPSA) is 47.1 Å². The molecule has 4 heteroatoms. The molecule has 1 aromatic heterocycles. The molecule has 0 amide bonds. The Bertz CT molecular complexity index is 701. The van der Waals surface area contributed by atoms with Crippen LogP contribution in [0.3, 0.4) is 0 Å². The number of hydrogen-bond donors (Lipinski definition) is 1. The average molecular weight is 282 g/mol. The molecule has 0 saturated carbocycles. The Morgan fingerprint density at radius 2 is 2.14 bits per heavy atom. The van der Waals surface area contributed by atoms with Crippen LogP contribution < -0.4 is 10.6 Å². The van der Waals surface area contributed by atoms with Gasteiger partial charge in [-0.05, 0) is 37.0 Å². The normalized spacial score (nSPS) is 20.5. The van der Waals surface area contributed by atoms with Crippen LogP contribution in [-0.4, -0.2) is 23.1 Å². The minimum absolute atomic E-state index is 0.510. The summed E-state index contributed by atoms with van der Waals surface area (Å²) in [5.41, 5.74) is 11.3. The van der Waals surface area contributed by atoms with Gasteiger partial charge >= 0.3 is 0 Å². The summed E-state index contributed by atoms with van der Waals surface area (Å²) >= 11 is 0. The first-order valence-electron chi connectivity index (χ1n) is 7.85. The molecule has 3 heterocycles. The van der Waals surface area contributed by atoms with Gasteiger partial charge in [0.1, 0.15) is 17.3 Å². The Balaban J connectivity index is 1.81. The number of nitrogen functional groups attached to an aromatic ring is 1. The second-order valence-electron chi connectivity index (χ2n) is 6.41. The van der Waals surface area contributed by atoms with Crippen molar-refractivity contribution in [2.75, 3.05) is 24.2 Å². The number of fused-ring (bicyclic) bond motifs is 2. The number of hydrogen-bond acceptors (Lipinski definition) is 3. The molecule has 2 aliphatic heterocycles. The first-order chi connectivity index (χ1) is 10.1. The van der Waals surface area contributed by atoms with Crippen molar-refractivity contribution in [1.29, 1.82) is 0 Å². The largest absolute Gasteiger partial charge is 0.383 e. The zero-order valence-electron chi connectivity index (χ0n) is 12.8. The van der Waals surface area contributed by atoms with Gasteiger partial charge in [-0.1, -0.05) is 13.0 Å². The molecule has 2 aromatic rings. The second kappa shape index (κ2) is 4.52. The van der Waals surface area contributed by atoms with Crippen molar-refractivity contribution in [2.24, 2.45) is 0 Å². The monoisotopic (exact) mass is 282 g/mol. The minimum atomic E-state index is 0.510. The van der Waals surface area contributed by atoms with Crippen LogP contribution in [0.4, 0.5) is 11.5 Å². The Kier molecular flexibility index (Phi) is 2.74. The third-order valence-corrected chi connectivity index (χ3v) is 4.98. The molecule has 0 bridgehead atoms. The van der Waals surface area contributed by atoms with Crippen LogP contribution in [0.15, 0.2) is 18.2 Å². The molecular formula is C17H22N4. The SMILES string of the molecule is CC1CCCn2c1nc(-c1ccc3c(c1)CCN3C)c2N. The average Bonchev–Trinajstić information content (AvgIpc) is 3.02. The van der Waals surface area contributed by atoms with Crippen molar-refractivity contribution < 1.29 is 0 Å². The lowest BCUT2D eigenvalue weighted by Crippen LogP contribution is -2.15.